The van der Waals surface area contributed by atoms with Gasteiger partial charge in [0.15, 0.2) is 0 Å². The molecule has 0 aliphatic carbocycles. The first-order valence-electron chi connectivity index (χ1n) is 5.76. The standard InChI is InChI=1S/C13H14ClNO2S2/c1-10-2-3-12(14)8-13(10)19(16,17)15-6-4-11-5-7-18-9-11/h2-3,5,7-9,15H,4,6H2,1H3. The lowest BCUT2D eigenvalue weighted by atomic mass is 10.2. The van der Waals surface area contributed by atoms with Crippen molar-refractivity contribution in [2.75, 3.05) is 6.54 Å². The lowest BCUT2D eigenvalue weighted by molar-refractivity contribution is 0.581. The fourth-order valence-electron chi connectivity index (χ4n) is 1.71. The third-order valence-corrected chi connectivity index (χ3v) is 5.30. The van der Waals surface area contributed by atoms with Gasteiger partial charge in [0.2, 0.25) is 10.0 Å². The van der Waals surface area contributed by atoms with Gasteiger partial charge < -0.3 is 0 Å². The summed E-state index contributed by atoms with van der Waals surface area (Å²) >= 11 is 7.45. The van der Waals surface area contributed by atoms with Crippen LogP contribution in [0.4, 0.5) is 0 Å². The molecule has 2 aromatic rings. The summed E-state index contributed by atoms with van der Waals surface area (Å²) in [5.41, 5.74) is 1.82. The Morgan fingerprint density at radius 3 is 2.79 bits per heavy atom. The van der Waals surface area contributed by atoms with Crippen LogP contribution in [0.2, 0.25) is 5.02 Å². The predicted molar refractivity (Wildman–Crippen MR) is 79.4 cm³/mol. The first kappa shape index (κ1) is 14.5. The van der Waals surface area contributed by atoms with Crippen molar-refractivity contribution in [3.05, 3.63) is 51.2 Å². The van der Waals surface area contributed by atoms with Crippen LogP contribution >= 0.6 is 22.9 Å². The number of thiophene rings is 1. The Labute approximate surface area is 122 Å². The van der Waals surface area contributed by atoms with Crippen LogP contribution in [0, 0.1) is 6.92 Å². The minimum atomic E-state index is -3.50. The fraction of sp³-hybridized carbons (Fsp3) is 0.231. The van der Waals surface area contributed by atoms with E-state index >= 15 is 0 Å². The average Bonchev–Trinajstić information content (AvgIpc) is 2.85. The van der Waals surface area contributed by atoms with Crippen LogP contribution in [-0.4, -0.2) is 15.0 Å². The summed E-state index contributed by atoms with van der Waals surface area (Å²) < 4.78 is 26.9. The highest BCUT2D eigenvalue weighted by atomic mass is 35.5. The van der Waals surface area contributed by atoms with Crippen molar-refractivity contribution in [2.24, 2.45) is 0 Å². The molecule has 0 unspecified atom stereocenters. The largest absolute Gasteiger partial charge is 0.240 e. The average molecular weight is 316 g/mol. The zero-order valence-electron chi connectivity index (χ0n) is 10.4. The van der Waals surface area contributed by atoms with E-state index in [4.69, 9.17) is 11.6 Å². The van der Waals surface area contributed by atoms with Gasteiger partial charge in [-0.25, -0.2) is 13.1 Å². The van der Waals surface area contributed by atoms with Crippen LogP contribution in [0.25, 0.3) is 0 Å². The number of hydrogen-bond acceptors (Lipinski definition) is 3. The van der Waals surface area contributed by atoms with E-state index in [9.17, 15) is 8.42 Å². The summed E-state index contributed by atoms with van der Waals surface area (Å²) in [5.74, 6) is 0. The van der Waals surface area contributed by atoms with Gasteiger partial charge in [-0.2, -0.15) is 11.3 Å². The molecule has 0 bridgehead atoms. The van der Waals surface area contributed by atoms with E-state index in [1.807, 2.05) is 16.8 Å². The number of rotatable bonds is 5. The third kappa shape index (κ3) is 3.79. The maximum atomic E-state index is 12.2. The van der Waals surface area contributed by atoms with Crippen molar-refractivity contribution in [1.82, 2.24) is 4.72 Å². The number of nitrogens with one attached hydrogen (secondary N) is 1. The molecule has 3 nitrogen and oxygen atoms in total. The van der Waals surface area contributed by atoms with E-state index in [1.54, 1.807) is 30.4 Å². The number of aryl methyl sites for hydroxylation is 1. The molecule has 1 heterocycles. The van der Waals surface area contributed by atoms with Crippen LogP contribution in [0.3, 0.4) is 0 Å². The zero-order valence-corrected chi connectivity index (χ0v) is 12.8. The molecule has 0 aliphatic heterocycles. The topological polar surface area (TPSA) is 46.2 Å². The van der Waals surface area contributed by atoms with Crippen LogP contribution in [0.15, 0.2) is 39.9 Å². The first-order valence-corrected chi connectivity index (χ1v) is 8.56. The molecule has 0 saturated carbocycles. The molecular formula is C13H14ClNO2S2. The Kier molecular flexibility index (Phi) is 4.62. The van der Waals surface area contributed by atoms with Crippen molar-refractivity contribution in [3.63, 3.8) is 0 Å². The van der Waals surface area contributed by atoms with Crippen LogP contribution in [-0.2, 0) is 16.4 Å². The van der Waals surface area contributed by atoms with Crippen molar-refractivity contribution >= 4 is 33.0 Å². The molecule has 0 radical (unpaired) electrons. The summed E-state index contributed by atoms with van der Waals surface area (Å²) in [7, 11) is -3.50. The molecule has 1 N–H and O–H groups in total. The molecule has 2 rings (SSSR count). The van der Waals surface area contributed by atoms with Crippen LogP contribution in [0.5, 0.6) is 0 Å². The van der Waals surface area contributed by atoms with E-state index in [1.165, 1.54) is 6.07 Å². The van der Waals surface area contributed by atoms with Crippen molar-refractivity contribution in [2.45, 2.75) is 18.2 Å². The Hall–Kier alpha value is -0.880. The van der Waals surface area contributed by atoms with E-state index < -0.39 is 10.0 Å². The molecule has 102 valence electrons. The lowest BCUT2D eigenvalue weighted by Crippen LogP contribution is -2.26. The molecule has 1 aromatic heterocycles. The van der Waals surface area contributed by atoms with Crippen molar-refractivity contribution in [1.29, 1.82) is 0 Å². The van der Waals surface area contributed by atoms with Gasteiger partial charge >= 0.3 is 0 Å². The minimum absolute atomic E-state index is 0.241. The summed E-state index contributed by atoms with van der Waals surface area (Å²) in [6, 6.07) is 6.85. The third-order valence-electron chi connectivity index (χ3n) is 2.73. The Balaban J connectivity index is 2.07. The molecule has 0 amide bonds. The van der Waals surface area contributed by atoms with Gasteiger partial charge in [-0.15, -0.1) is 0 Å². The second-order valence-electron chi connectivity index (χ2n) is 4.19. The fourth-order valence-corrected chi connectivity index (χ4v) is 3.95. The Morgan fingerprint density at radius 1 is 1.32 bits per heavy atom. The van der Waals surface area contributed by atoms with Crippen molar-refractivity contribution < 1.29 is 8.42 Å². The summed E-state index contributed by atoms with van der Waals surface area (Å²) in [6.45, 7) is 2.13. The summed E-state index contributed by atoms with van der Waals surface area (Å²) in [5, 5.41) is 4.41. The van der Waals surface area contributed by atoms with E-state index in [0.717, 1.165) is 5.56 Å². The monoisotopic (exact) mass is 315 g/mol. The highest BCUT2D eigenvalue weighted by molar-refractivity contribution is 7.89. The highest BCUT2D eigenvalue weighted by Gasteiger charge is 2.16. The summed E-state index contributed by atoms with van der Waals surface area (Å²) in [6.07, 6.45) is 0.683. The molecule has 1 aromatic carbocycles. The Morgan fingerprint density at radius 2 is 2.11 bits per heavy atom. The maximum absolute atomic E-state index is 12.2. The van der Waals surface area contributed by atoms with Gasteiger partial charge in [-0.05, 0) is 53.4 Å². The lowest BCUT2D eigenvalue weighted by Gasteiger charge is -2.09. The smallest absolute Gasteiger partial charge is 0.211 e. The number of halogens is 1. The molecule has 19 heavy (non-hydrogen) atoms. The van der Waals surface area contributed by atoms with Crippen LogP contribution < -0.4 is 4.72 Å². The van der Waals surface area contributed by atoms with Gasteiger partial charge in [0.25, 0.3) is 0 Å². The second-order valence-corrected chi connectivity index (χ2v) is 7.14. The van der Waals surface area contributed by atoms with Gasteiger partial charge in [0.05, 0.1) is 4.90 Å². The molecule has 0 saturated heterocycles. The quantitative estimate of drug-likeness (QED) is 0.920. The number of benzene rings is 1. The van der Waals surface area contributed by atoms with E-state index in [-0.39, 0.29) is 4.90 Å². The maximum Gasteiger partial charge on any atom is 0.240 e. The second kappa shape index (κ2) is 6.05. The van der Waals surface area contributed by atoms with Crippen molar-refractivity contribution in [3.8, 4) is 0 Å². The molecular weight excluding hydrogens is 302 g/mol. The van der Waals surface area contributed by atoms with Gasteiger partial charge in [-0.1, -0.05) is 17.7 Å². The molecule has 0 fully saturated rings. The number of hydrogen-bond donors (Lipinski definition) is 1. The van der Waals surface area contributed by atoms with Crippen LogP contribution in [0.1, 0.15) is 11.1 Å². The summed E-state index contributed by atoms with van der Waals surface area (Å²) in [4.78, 5) is 0.241. The SMILES string of the molecule is Cc1ccc(Cl)cc1S(=O)(=O)NCCc1ccsc1. The van der Waals surface area contributed by atoms with Gasteiger partial charge in [0.1, 0.15) is 0 Å². The van der Waals surface area contributed by atoms with Gasteiger partial charge in [0, 0.05) is 11.6 Å². The minimum Gasteiger partial charge on any atom is -0.211 e. The molecule has 0 aliphatic rings. The molecule has 6 heteroatoms. The number of sulfonamides is 1. The molecule has 0 spiro atoms. The van der Waals surface area contributed by atoms with E-state index in [2.05, 4.69) is 4.72 Å². The predicted octanol–water partition coefficient (Wildman–Crippen LogP) is 3.23. The first-order chi connectivity index (χ1) is 8.99. The zero-order chi connectivity index (χ0) is 13.9. The molecule has 0 atom stereocenters. The highest BCUT2D eigenvalue weighted by Crippen LogP contribution is 2.19. The Bertz CT molecular complexity index is 651. The normalized spacial score (nSPS) is 11.7. The van der Waals surface area contributed by atoms with Gasteiger partial charge in [-0.3, -0.25) is 0 Å². The van der Waals surface area contributed by atoms with E-state index in [0.29, 0.717) is 23.6 Å².